The molecule has 2 aromatic carbocycles. The number of sulfonamides is 1. The SMILES string of the molecule is Cc1ccc(-n2c(C)cc(/C=N\NC(=O)CN(c3cc(Cl)ccc3C)S(C)(=O)=O)c2C)c(C)c1. The molecule has 1 heterocycles. The normalized spacial score (nSPS) is 11.7. The van der Waals surface area contributed by atoms with Gasteiger partial charge in [0.1, 0.15) is 6.54 Å². The predicted octanol–water partition coefficient (Wildman–Crippen LogP) is 4.59. The molecule has 1 amide bonds. The van der Waals surface area contributed by atoms with Crippen molar-refractivity contribution in [2.45, 2.75) is 34.6 Å². The molecule has 0 spiro atoms. The van der Waals surface area contributed by atoms with Crippen molar-refractivity contribution in [3.05, 3.63) is 81.1 Å². The lowest BCUT2D eigenvalue weighted by Gasteiger charge is -2.23. The Bertz CT molecular complexity index is 1380. The molecular weight excluding hydrogens is 472 g/mol. The highest BCUT2D eigenvalue weighted by Crippen LogP contribution is 2.26. The summed E-state index contributed by atoms with van der Waals surface area (Å²) in [6, 6.07) is 13.2. The van der Waals surface area contributed by atoms with Gasteiger partial charge in [-0.2, -0.15) is 5.10 Å². The monoisotopic (exact) mass is 500 g/mol. The number of halogens is 1. The Morgan fingerprint density at radius 3 is 2.41 bits per heavy atom. The van der Waals surface area contributed by atoms with Crippen LogP contribution in [0.5, 0.6) is 0 Å². The molecule has 1 N–H and O–H groups in total. The minimum atomic E-state index is -3.72. The summed E-state index contributed by atoms with van der Waals surface area (Å²) in [6.07, 6.45) is 2.61. The molecular formula is C25H29ClN4O3S. The molecule has 34 heavy (non-hydrogen) atoms. The molecule has 0 aliphatic carbocycles. The van der Waals surface area contributed by atoms with Crippen molar-refractivity contribution in [2.24, 2.45) is 5.10 Å². The van der Waals surface area contributed by atoms with Crippen molar-refractivity contribution in [1.82, 2.24) is 9.99 Å². The Kier molecular flexibility index (Phi) is 7.53. The number of hydrogen-bond acceptors (Lipinski definition) is 4. The quantitative estimate of drug-likeness (QED) is 0.380. The van der Waals surface area contributed by atoms with Crippen LogP contribution in [0.25, 0.3) is 5.69 Å². The lowest BCUT2D eigenvalue weighted by Crippen LogP contribution is -2.39. The Morgan fingerprint density at radius 1 is 1.06 bits per heavy atom. The van der Waals surface area contributed by atoms with Crippen molar-refractivity contribution in [3.8, 4) is 5.69 Å². The minimum absolute atomic E-state index is 0.353. The van der Waals surface area contributed by atoms with Crippen molar-refractivity contribution >= 4 is 39.4 Å². The molecule has 0 aliphatic rings. The van der Waals surface area contributed by atoms with Gasteiger partial charge in [-0.3, -0.25) is 9.10 Å². The van der Waals surface area contributed by atoms with E-state index in [1.807, 2.05) is 19.9 Å². The van der Waals surface area contributed by atoms with Gasteiger partial charge in [-0.05, 0) is 70.0 Å². The number of carbonyl (C=O) groups is 1. The van der Waals surface area contributed by atoms with Crippen LogP contribution in [0, 0.1) is 34.6 Å². The van der Waals surface area contributed by atoms with Crippen molar-refractivity contribution in [3.63, 3.8) is 0 Å². The molecule has 0 radical (unpaired) electrons. The highest BCUT2D eigenvalue weighted by molar-refractivity contribution is 7.92. The average Bonchev–Trinajstić information content (AvgIpc) is 3.01. The van der Waals surface area contributed by atoms with Crippen LogP contribution in [0.15, 0.2) is 47.6 Å². The zero-order valence-electron chi connectivity index (χ0n) is 20.2. The summed E-state index contributed by atoms with van der Waals surface area (Å²) < 4.78 is 27.9. The van der Waals surface area contributed by atoms with E-state index in [-0.39, 0.29) is 0 Å². The Labute approximate surface area is 206 Å². The van der Waals surface area contributed by atoms with Gasteiger partial charge in [0.2, 0.25) is 10.0 Å². The van der Waals surface area contributed by atoms with Gasteiger partial charge in [0, 0.05) is 27.7 Å². The highest BCUT2D eigenvalue weighted by Gasteiger charge is 2.22. The first-order chi connectivity index (χ1) is 15.9. The standard InChI is InChI=1S/C25H29ClN4O3S/c1-16-7-10-23(18(3)11-16)30-19(4)12-21(20(30)5)14-27-28-25(31)15-29(34(6,32)33)24-13-22(26)9-8-17(24)2/h7-14H,15H2,1-6H3,(H,28,31)/b27-14-. The van der Waals surface area contributed by atoms with Gasteiger partial charge in [-0.1, -0.05) is 35.4 Å². The molecule has 1 aromatic heterocycles. The van der Waals surface area contributed by atoms with Crippen LogP contribution < -0.4 is 9.73 Å². The molecule has 3 rings (SSSR count). The zero-order valence-corrected chi connectivity index (χ0v) is 21.8. The maximum Gasteiger partial charge on any atom is 0.260 e. The van der Waals surface area contributed by atoms with Gasteiger partial charge < -0.3 is 4.57 Å². The van der Waals surface area contributed by atoms with E-state index in [9.17, 15) is 13.2 Å². The van der Waals surface area contributed by atoms with E-state index in [4.69, 9.17) is 11.6 Å². The number of carbonyl (C=O) groups excluding carboxylic acids is 1. The summed E-state index contributed by atoms with van der Waals surface area (Å²) in [5.41, 5.74) is 9.79. The molecule has 0 saturated carbocycles. The van der Waals surface area contributed by atoms with E-state index in [1.165, 1.54) is 11.6 Å². The second kappa shape index (κ2) is 10.0. The van der Waals surface area contributed by atoms with Crippen LogP contribution in [-0.4, -0.2) is 37.9 Å². The smallest absolute Gasteiger partial charge is 0.260 e. The molecule has 0 aliphatic heterocycles. The fourth-order valence-corrected chi connectivity index (χ4v) is 4.99. The van der Waals surface area contributed by atoms with Gasteiger partial charge in [-0.25, -0.2) is 13.8 Å². The molecule has 9 heteroatoms. The lowest BCUT2D eigenvalue weighted by molar-refractivity contribution is -0.119. The van der Waals surface area contributed by atoms with Crippen molar-refractivity contribution in [2.75, 3.05) is 17.1 Å². The fraction of sp³-hybridized carbons (Fsp3) is 0.280. The van der Waals surface area contributed by atoms with Crippen LogP contribution in [0.2, 0.25) is 5.02 Å². The number of aromatic nitrogens is 1. The number of nitrogens with one attached hydrogen (secondary N) is 1. The van der Waals surface area contributed by atoms with Crippen LogP contribution in [0.4, 0.5) is 5.69 Å². The summed E-state index contributed by atoms with van der Waals surface area (Å²) in [6.45, 7) is 9.47. The van der Waals surface area contributed by atoms with E-state index in [0.717, 1.165) is 38.8 Å². The van der Waals surface area contributed by atoms with Crippen LogP contribution >= 0.6 is 11.6 Å². The second-order valence-corrected chi connectivity index (χ2v) is 10.8. The molecule has 0 saturated heterocycles. The molecule has 180 valence electrons. The van der Waals surface area contributed by atoms with E-state index in [1.54, 1.807) is 25.3 Å². The first-order valence-corrected chi connectivity index (χ1v) is 12.9. The second-order valence-electron chi connectivity index (χ2n) is 8.45. The minimum Gasteiger partial charge on any atom is -0.318 e. The third-order valence-corrected chi connectivity index (χ3v) is 6.95. The number of hydrogen-bond donors (Lipinski definition) is 1. The molecule has 7 nitrogen and oxygen atoms in total. The molecule has 0 unspecified atom stereocenters. The maximum atomic E-state index is 12.5. The number of rotatable bonds is 7. The predicted molar refractivity (Wildman–Crippen MR) is 139 cm³/mol. The maximum absolute atomic E-state index is 12.5. The summed E-state index contributed by atoms with van der Waals surface area (Å²) in [7, 11) is -3.72. The molecule has 0 fully saturated rings. The van der Waals surface area contributed by atoms with Gasteiger partial charge >= 0.3 is 0 Å². The zero-order chi connectivity index (χ0) is 25.2. The van der Waals surface area contributed by atoms with E-state index >= 15 is 0 Å². The van der Waals surface area contributed by atoms with E-state index < -0.39 is 22.5 Å². The number of hydrazone groups is 1. The molecule has 3 aromatic rings. The number of aryl methyl sites for hydroxylation is 4. The van der Waals surface area contributed by atoms with Crippen LogP contribution in [0.3, 0.4) is 0 Å². The van der Waals surface area contributed by atoms with Gasteiger partial charge in [-0.15, -0.1) is 0 Å². The third kappa shape index (κ3) is 5.69. The third-order valence-electron chi connectivity index (χ3n) is 5.58. The number of anilines is 1. The summed E-state index contributed by atoms with van der Waals surface area (Å²) >= 11 is 6.04. The van der Waals surface area contributed by atoms with Gasteiger partial charge in [0.15, 0.2) is 0 Å². The number of nitrogens with zero attached hydrogens (tertiary/aromatic N) is 3. The average molecular weight is 501 g/mol. The first kappa shape index (κ1) is 25.5. The summed E-state index contributed by atoms with van der Waals surface area (Å²) in [5, 5.41) is 4.45. The lowest BCUT2D eigenvalue weighted by atomic mass is 10.1. The number of amides is 1. The summed E-state index contributed by atoms with van der Waals surface area (Å²) in [5.74, 6) is -0.566. The Morgan fingerprint density at radius 2 is 1.76 bits per heavy atom. The fourth-order valence-electron chi connectivity index (χ4n) is 3.92. The Hall–Kier alpha value is -3.10. The molecule has 0 bridgehead atoms. The van der Waals surface area contributed by atoms with E-state index in [2.05, 4.69) is 47.1 Å². The van der Waals surface area contributed by atoms with Crippen molar-refractivity contribution < 1.29 is 13.2 Å². The van der Waals surface area contributed by atoms with Gasteiger partial charge in [0.25, 0.3) is 5.91 Å². The van der Waals surface area contributed by atoms with Crippen LogP contribution in [-0.2, 0) is 14.8 Å². The topological polar surface area (TPSA) is 83.8 Å². The number of benzene rings is 2. The molecule has 0 atom stereocenters. The Balaban J connectivity index is 1.79. The highest BCUT2D eigenvalue weighted by atomic mass is 35.5. The first-order valence-electron chi connectivity index (χ1n) is 10.7. The van der Waals surface area contributed by atoms with E-state index in [0.29, 0.717) is 16.3 Å². The summed E-state index contributed by atoms with van der Waals surface area (Å²) in [4.78, 5) is 12.5. The largest absolute Gasteiger partial charge is 0.318 e. The van der Waals surface area contributed by atoms with Crippen LogP contribution in [0.1, 0.15) is 33.6 Å². The van der Waals surface area contributed by atoms with Crippen molar-refractivity contribution in [1.29, 1.82) is 0 Å². The van der Waals surface area contributed by atoms with Gasteiger partial charge in [0.05, 0.1) is 18.2 Å².